The maximum atomic E-state index is 12.5. The molecule has 0 saturated heterocycles. The number of halogens is 3. The van der Waals surface area contributed by atoms with Crippen molar-refractivity contribution in [3.63, 3.8) is 0 Å². The van der Waals surface area contributed by atoms with Gasteiger partial charge < -0.3 is 15.4 Å². The molecule has 4 aliphatic carbocycles. The Morgan fingerprint density at radius 3 is 2.15 bits per heavy atom. The summed E-state index contributed by atoms with van der Waals surface area (Å²) < 4.78 is 42.8. The molecule has 26 heavy (non-hydrogen) atoms. The maximum Gasteiger partial charge on any atom is 0.471 e. The van der Waals surface area contributed by atoms with Gasteiger partial charge in [-0.1, -0.05) is 0 Å². The monoisotopic (exact) mass is 376 g/mol. The molecule has 2 N–H and O–H groups in total. The van der Waals surface area contributed by atoms with Gasteiger partial charge in [-0.25, -0.2) is 4.79 Å². The quantitative estimate of drug-likeness (QED) is 0.793. The molecule has 0 heterocycles. The molecule has 1 unspecified atom stereocenters. The number of amides is 2. The van der Waals surface area contributed by atoms with E-state index in [0.717, 1.165) is 32.1 Å². The molecule has 5 atom stereocenters. The van der Waals surface area contributed by atoms with Crippen LogP contribution in [-0.2, 0) is 9.53 Å². The Balaban J connectivity index is 1.62. The van der Waals surface area contributed by atoms with E-state index in [0.29, 0.717) is 5.92 Å². The third kappa shape index (κ3) is 4.09. The Kier molecular flexibility index (Phi) is 4.68. The Labute approximate surface area is 151 Å². The normalized spacial score (nSPS) is 35.9. The van der Waals surface area contributed by atoms with Crippen LogP contribution < -0.4 is 10.6 Å². The first-order valence-electron chi connectivity index (χ1n) is 9.21. The number of carbonyl (C=O) groups is 2. The molecule has 0 aromatic heterocycles. The first kappa shape index (κ1) is 19.3. The zero-order valence-corrected chi connectivity index (χ0v) is 15.4. The molecule has 0 radical (unpaired) electrons. The standard InChI is InChI=1S/C18H27F3N2O3/c1-16(2,3)26-15(25)23-13-11-4-10-5-12(13)8-17(6-10,7-11)9-22-14(24)18(19,20)21/h10-13H,4-9H2,1-3H3,(H,22,24)(H,23,25)/t10?,11-,12+,13+,17-. The zero-order valence-electron chi connectivity index (χ0n) is 15.4. The van der Waals surface area contributed by atoms with Crippen LogP contribution in [-0.4, -0.2) is 36.4 Å². The highest BCUT2D eigenvalue weighted by Gasteiger charge is 2.56. The van der Waals surface area contributed by atoms with Crippen molar-refractivity contribution in [1.82, 2.24) is 10.6 Å². The molecule has 0 aromatic rings. The van der Waals surface area contributed by atoms with Crippen LogP contribution in [0.5, 0.6) is 0 Å². The minimum atomic E-state index is -4.84. The number of ether oxygens (including phenoxy) is 1. The lowest BCUT2D eigenvalue weighted by Crippen LogP contribution is -2.61. The van der Waals surface area contributed by atoms with E-state index in [4.69, 9.17) is 4.74 Å². The third-order valence-electron chi connectivity index (χ3n) is 5.96. The fraction of sp³-hybridized carbons (Fsp3) is 0.889. The molecule has 4 aliphatic rings. The van der Waals surface area contributed by atoms with Crippen LogP contribution in [0.3, 0.4) is 0 Å². The van der Waals surface area contributed by atoms with Gasteiger partial charge in [-0.3, -0.25) is 4.79 Å². The summed E-state index contributed by atoms with van der Waals surface area (Å²) in [6.07, 6.45) is -0.996. The predicted octanol–water partition coefficient (Wildman–Crippen LogP) is 3.38. The van der Waals surface area contributed by atoms with Crippen LogP contribution in [0, 0.1) is 23.2 Å². The summed E-state index contributed by atoms with van der Waals surface area (Å²) in [5.74, 6) is -0.934. The SMILES string of the molecule is CC(C)(C)OC(=O)N[C@H]1[C@@H]2CC3C[C@H]1C[C@@](CNC(=O)C(F)(F)F)(C3)C2. The summed E-state index contributed by atoms with van der Waals surface area (Å²) in [5.41, 5.74) is -0.845. The van der Waals surface area contributed by atoms with Crippen molar-refractivity contribution in [1.29, 1.82) is 0 Å². The predicted molar refractivity (Wildman–Crippen MR) is 88.2 cm³/mol. The average molecular weight is 376 g/mol. The van der Waals surface area contributed by atoms with Gasteiger partial charge in [0.2, 0.25) is 0 Å². The molecule has 0 aliphatic heterocycles. The fourth-order valence-electron chi connectivity index (χ4n) is 5.46. The van der Waals surface area contributed by atoms with E-state index in [2.05, 4.69) is 10.6 Å². The molecule has 0 aromatic carbocycles. The van der Waals surface area contributed by atoms with Crippen LogP contribution >= 0.6 is 0 Å². The van der Waals surface area contributed by atoms with E-state index in [1.165, 1.54) is 0 Å². The summed E-state index contributed by atoms with van der Waals surface area (Å²) in [6, 6.07) is 0.00726. The average Bonchev–Trinajstić information content (AvgIpc) is 2.45. The van der Waals surface area contributed by atoms with E-state index in [1.54, 1.807) is 0 Å². The van der Waals surface area contributed by atoms with Gasteiger partial charge in [-0.15, -0.1) is 0 Å². The number of alkyl carbamates (subject to hydrolysis) is 1. The van der Waals surface area contributed by atoms with Crippen LogP contribution in [0.25, 0.3) is 0 Å². The van der Waals surface area contributed by atoms with Crippen molar-refractivity contribution in [2.45, 2.75) is 70.7 Å². The van der Waals surface area contributed by atoms with Crippen LogP contribution in [0.2, 0.25) is 0 Å². The summed E-state index contributed by atoms with van der Waals surface area (Å²) in [4.78, 5) is 23.3. The van der Waals surface area contributed by atoms with Crippen molar-refractivity contribution in [2.75, 3.05) is 6.54 Å². The molecule has 5 nitrogen and oxygen atoms in total. The van der Waals surface area contributed by atoms with Gasteiger partial charge in [-0.2, -0.15) is 13.2 Å². The summed E-state index contributed by atoms with van der Waals surface area (Å²) in [7, 11) is 0. The zero-order chi connectivity index (χ0) is 19.3. The Morgan fingerprint density at radius 1 is 1.08 bits per heavy atom. The van der Waals surface area contributed by atoms with Gasteiger partial charge in [0.1, 0.15) is 5.60 Å². The van der Waals surface area contributed by atoms with Gasteiger partial charge in [0.15, 0.2) is 0 Å². The van der Waals surface area contributed by atoms with Crippen molar-refractivity contribution >= 4 is 12.0 Å². The lowest BCUT2D eigenvalue weighted by molar-refractivity contribution is -0.175. The highest BCUT2D eigenvalue weighted by Crippen LogP contribution is 2.59. The minimum Gasteiger partial charge on any atom is -0.444 e. The molecule has 2 amide bonds. The third-order valence-corrected chi connectivity index (χ3v) is 5.96. The highest BCUT2D eigenvalue weighted by molar-refractivity contribution is 5.81. The molecule has 4 fully saturated rings. The van der Waals surface area contributed by atoms with Gasteiger partial charge in [0, 0.05) is 12.6 Å². The van der Waals surface area contributed by atoms with E-state index >= 15 is 0 Å². The van der Waals surface area contributed by atoms with E-state index < -0.39 is 23.8 Å². The first-order valence-corrected chi connectivity index (χ1v) is 9.21. The molecule has 148 valence electrons. The fourth-order valence-corrected chi connectivity index (χ4v) is 5.46. The second-order valence-electron chi connectivity index (χ2n) is 9.32. The Hall–Kier alpha value is -1.47. The minimum absolute atomic E-state index is 0.00726. The lowest BCUT2D eigenvalue weighted by Gasteiger charge is -2.60. The van der Waals surface area contributed by atoms with Crippen molar-refractivity contribution in [3.8, 4) is 0 Å². The number of hydrogen-bond acceptors (Lipinski definition) is 3. The van der Waals surface area contributed by atoms with Gasteiger partial charge >= 0.3 is 18.2 Å². The summed E-state index contributed by atoms with van der Waals surface area (Å²) in [6.45, 7) is 5.49. The van der Waals surface area contributed by atoms with Crippen LogP contribution in [0.15, 0.2) is 0 Å². The van der Waals surface area contributed by atoms with Gasteiger partial charge in [0.05, 0.1) is 0 Å². The maximum absolute atomic E-state index is 12.5. The number of alkyl halides is 3. The largest absolute Gasteiger partial charge is 0.471 e. The van der Waals surface area contributed by atoms with Crippen molar-refractivity contribution in [3.05, 3.63) is 0 Å². The van der Waals surface area contributed by atoms with Gasteiger partial charge in [-0.05, 0) is 76.0 Å². The van der Waals surface area contributed by atoms with E-state index in [-0.39, 0.29) is 29.8 Å². The molecule has 0 spiro atoms. The highest BCUT2D eigenvalue weighted by atomic mass is 19.4. The lowest BCUT2D eigenvalue weighted by atomic mass is 9.48. The number of carbonyl (C=O) groups excluding carboxylic acids is 2. The van der Waals surface area contributed by atoms with Crippen molar-refractivity contribution < 1.29 is 27.5 Å². The Morgan fingerprint density at radius 2 is 1.65 bits per heavy atom. The second kappa shape index (κ2) is 6.30. The smallest absolute Gasteiger partial charge is 0.444 e. The van der Waals surface area contributed by atoms with E-state index in [1.807, 2.05) is 20.8 Å². The molecular formula is C18H27F3N2O3. The molecule has 4 saturated carbocycles. The van der Waals surface area contributed by atoms with Crippen molar-refractivity contribution in [2.24, 2.45) is 23.2 Å². The van der Waals surface area contributed by atoms with Crippen LogP contribution in [0.4, 0.5) is 18.0 Å². The topological polar surface area (TPSA) is 67.4 Å². The molecular weight excluding hydrogens is 349 g/mol. The Bertz CT molecular complexity index is 569. The van der Waals surface area contributed by atoms with Crippen LogP contribution in [0.1, 0.15) is 52.9 Å². The number of rotatable bonds is 3. The molecule has 4 rings (SSSR count). The summed E-state index contributed by atoms with van der Waals surface area (Å²) in [5, 5.41) is 5.09. The second-order valence-corrected chi connectivity index (χ2v) is 9.32. The van der Waals surface area contributed by atoms with E-state index in [9.17, 15) is 22.8 Å². The summed E-state index contributed by atoms with van der Waals surface area (Å²) >= 11 is 0. The molecule has 4 bridgehead atoms. The first-order chi connectivity index (χ1) is 11.9. The molecule has 8 heteroatoms. The number of hydrogen-bond donors (Lipinski definition) is 2. The van der Waals surface area contributed by atoms with Gasteiger partial charge in [0.25, 0.3) is 0 Å². The number of nitrogens with one attached hydrogen (secondary N) is 2.